The summed E-state index contributed by atoms with van der Waals surface area (Å²) in [7, 11) is 0. The molecule has 0 unspecified atom stereocenters. The van der Waals surface area contributed by atoms with Gasteiger partial charge in [-0.25, -0.2) is 4.79 Å². The number of carbonyl (C=O) groups excluding carboxylic acids is 1. The fourth-order valence-corrected chi connectivity index (χ4v) is 3.12. The third-order valence-corrected chi connectivity index (χ3v) is 4.31. The molecule has 0 bridgehead atoms. The van der Waals surface area contributed by atoms with E-state index in [0.29, 0.717) is 12.3 Å². The minimum atomic E-state index is -0.270. The summed E-state index contributed by atoms with van der Waals surface area (Å²) < 4.78 is 8.26. The zero-order valence-corrected chi connectivity index (χ0v) is 14.5. The van der Waals surface area contributed by atoms with Crippen LogP contribution in [0.4, 0.5) is 0 Å². The molecule has 1 heterocycles. The molecular formula is C19H18BrNO2. The Kier molecular flexibility index (Phi) is 4.82. The third-order valence-electron chi connectivity index (χ3n) is 3.81. The summed E-state index contributed by atoms with van der Waals surface area (Å²) in [5.74, 6) is -0.270. The van der Waals surface area contributed by atoms with Gasteiger partial charge in [0.25, 0.3) is 0 Å². The maximum absolute atomic E-state index is 12.3. The van der Waals surface area contributed by atoms with Crippen molar-refractivity contribution in [2.24, 2.45) is 0 Å². The Hall–Kier alpha value is -2.07. The number of benzene rings is 2. The highest BCUT2D eigenvalue weighted by Gasteiger charge is 2.16. The second-order valence-electron chi connectivity index (χ2n) is 5.34. The molecule has 0 aliphatic rings. The summed E-state index contributed by atoms with van der Waals surface area (Å²) >= 11 is 3.48. The van der Waals surface area contributed by atoms with E-state index in [1.54, 1.807) is 0 Å². The number of aryl methyl sites for hydroxylation is 2. The lowest BCUT2D eigenvalue weighted by Gasteiger charge is -2.10. The molecule has 3 aromatic rings. The zero-order chi connectivity index (χ0) is 16.2. The molecule has 0 fully saturated rings. The standard InChI is InChI=1S/C19H18BrNO2/c1-2-23-19(22)18-13-15-12-16(20)8-9-17(15)21(18)11-10-14-6-4-3-5-7-14/h3-9,12-13H,2,10-11H2,1H3. The van der Waals surface area contributed by atoms with Gasteiger partial charge in [0, 0.05) is 21.9 Å². The molecule has 0 amide bonds. The minimum absolute atomic E-state index is 0.270. The Morgan fingerprint density at radius 2 is 1.91 bits per heavy atom. The smallest absolute Gasteiger partial charge is 0.354 e. The van der Waals surface area contributed by atoms with E-state index < -0.39 is 0 Å². The highest BCUT2D eigenvalue weighted by atomic mass is 79.9. The molecule has 1 aromatic heterocycles. The van der Waals surface area contributed by atoms with E-state index in [-0.39, 0.29) is 5.97 Å². The lowest BCUT2D eigenvalue weighted by molar-refractivity contribution is 0.0514. The van der Waals surface area contributed by atoms with Crippen LogP contribution in [-0.2, 0) is 17.7 Å². The summed E-state index contributed by atoms with van der Waals surface area (Å²) in [6, 6.07) is 18.2. The monoisotopic (exact) mass is 371 g/mol. The Morgan fingerprint density at radius 1 is 1.13 bits per heavy atom. The molecule has 3 nitrogen and oxygen atoms in total. The number of carbonyl (C=O) groups is 1. The average molecular weight is 372 g/mol. The van der Waals surface area contributed by atoms with Crippen LogP contribution < -0.4 is 0 Å². The molecule has 0 N–H and O–H groups in total. The van der Waals surface area contributed by atoms with Gasteiger partial charge in [-0.15, -0.1) is 0 Å². The normalized spacial score (nSPS) is 10.9. The Balaban J connectivity index is 1.98. The van der Waals surface area contributed by atoms with Gasteiger partial charge >= 0.3 is 5.97 Å². The molecule has 4 heteroatoms. The summed E-state index contributed by atoms with van der Waals surface area (Å²) in [4.78, 5) is 12.3. The van der Waals surface area contributed by atoms with Crippen molar-refractivity contribution in [1.82, 2.24) is 4.57 Å². The van der Waals surface area contributed by atoms with Gasteiger partial charge in [-0.3, -0.25) is 0 Å². The largest absolute Gasteiger partial charge is 0.461 e. The van der Waals surface area contributed by atoms with Crippen molar-refractivity contribution in [2.45, 2.75) is 19.9 Å². The van der Waals surface area contributed by atoms with Crippen molar-refractivity contribution >= 4 is 32.8 Å². The first-order valence-corrected chi connectivity index (χ1v) is 8.48. The molecule has 0 aliphatic heterocycles. The number of ether oxygens (including phenoxy) is 1. The van der Waals surface area contributed by atoms with Crippen molar-refractivity contribution in [3.63, 3.8) is 0 Å². The fraction of sp³-hybridized carbons (Fsp3) is 0.211. The summed E-state index contributed by atoms with van der Waals surface area (Å²) in [5.41, 5.74) is 2.91. The van der Waals surface area contributed by atoms with Gasteiger partial charge in [0.15, 0.2) is 0 Å². The lowest BCUT2D eigenvalue weighted by Crippen LogP contribution is -2.13. The number of aromatic nitrogens is 1. The fourth-order valence-electron chi connectivity index (χ4n) is 2.74. The van der Waals surface area contributed by atoms with Crippen molar-refractivity contribution in [3.8, 4) is 0 Å². The van der Waals surface area contributed by atoms with Crippen molar-refractivity contribution in [3.05, 3.63) is 70.3 Å². The van der Waals surface area contributed by atoms with Gasteiger partial charge in [-0.2, -0.15) is 0 Å². The minimum Gasteiger partial charge on any atom is -0.461 e. The van der Waals surface area contributed by atoms with Crippen LogP contribution in [0.1, 0.15) is 23.0 Å². The molecule has 0 saturated heterocycles. The van der Waals surface area contributed by atoms with Crippen LogP contribution in [0.25, 0.3) is 10.9 Å². The first-order valence-electron chi connectivity index (χ1n) is 7.69. The summed E-state index contributed by atoms with van der Waals surface area (Å²) in [6.45, 7) is 2.94. The highest BCUT2D eigenvalue weighted by molar-refractivity contribution is 9.10. The van der Waals surface area contributed by atoms with E-state index in [9.17, 15) is 4.79 Å². The first kappa shape index (κ1) is 15.8. The molecule has 0 radical (unpaired) electrons. The SMILES string of the molecule is CCOC(=O)c1cc2cc(Br)ccc2n1CCc1ccccc1. The molecule has 0 spiro atoms. The van der Waals surface area contributed by atoms with Crippen LogP contribution in [0.3, 0.4) is 0 Å². The molecule has 0 atom stereocenters. The Labute approximate surface area is 144 Å². The van der Waals surface area contributed by atoms with Crippen LogP contribution in [-0.4, -0.2) is 17.1 Å². The molecule has 3 rings (SSSR count). The number of rotatable bonds is 5. The van der Waals surface area contributed by atoms with Gasteiger partial charge in [-0.05, 0) is 43.2 Å². The number of hydrogen-bond acceptors (Lipinski definition) is 2. The van der Waals surface area contributed by atoms with E-state index in [1.165, 1.54) is 5.56 Å². The van der Waals surface area contributed by atoms with Crippen LogP contribution in [0.2, 0.25) is 0 Å². The number of esters is 1. The van der Waals surface area contributed by atoms with Crippen LogP contribution in [0.5, 0.6) is 0 Å². The quantitative estimate of drug-likeness (QED) is 0.601. The number of nitrogens with zero attached hydrogens (tertiary/aromatic N) is 1. The van der Waals surface area contributed by atoms with Crippen molar-refractivity contribution < 1.29 is 9.53 Å². The molecule has 23 heavy (non-hydrogen) atoms. The second-order valence-corrected chi connectivity index (χ2v) is 6.26. The lowest BCUT2D eigenvalue weighted by atomic mass is 10.1. The predicted molar refractivity (Wildman–Crippen MR) is 95.7 cm³/mol. The van der Waals surface area contributed by atoms with Gasteiger partial charge < -0.3 is 9.30 Å². The molecule has 118 valence electrons. The van der Waals surface area contributed by atoms with Crippen LogP contribution in [0, 0.1) is 0 Å². The van der Waals surface area contributed by atoms with Crippen LogP contribution >= 0.6 is 15.9 Å². The molecule has 0 saturated carbocycles. The molecule has 0 aliphatic carbocycles. The predicted octanol–water partition coefficient (Wildman–Crippen LogP) is 4.82. The number of fused-ring (bicyclic) bond motifs is 1. The third kappa shape index (κ3) is 3.48. The van der Waals surface area contributed by atoms with Crippen molar-refractivity contribution in [1.29, 1.82) is 0 Å². The number of halogens is 1. The second kappa shape index (κ2) is 7.01. The Morgan fingerprint density at radius 3 is 2.65 bits per heavy atom. The average Bonchev–Trinajstić information content (AvgIpc) is 2.92. The molecule has 2 aromatic carbocycles. The van der Waals surface area contributed by atoms with Gasteiger partial charge in [0.1, 0.15) is 5.69 Å². The van der Waals surface area contributed by atoms with Gasteiger partial charge in [-0.1, -0.05) is 46.3 Å². The van der Waals surface area contributed by atoms with Gasteiger partial charge in [0.2, 0.25) is 0 Å². The van der Waals surface area contributed by atoms with Gasteiger partial charge in [0.05, 0.1) is 6.61 Å². The van der Waals surface area contributed by atoms with E-state index >= 15 is 0 Å². The van der Waals surface area contributed by atoms with E-state index in [2.05, 4.69) is 28.1 Å². The number of hydrogen-bond donors (Lipinski definition) is 0. The highest BCUT2D eigenvalue weighted by Crippen LogP contribution is 2.25. The van der Waals surface area contributed by atoms with Crippen LogP contribution in [0.15, 0.2) is 59.1 Å². The summed E-state index contributed by atoms with van der Waals surface area (Å²) in [5, 5.41) is 1.04. The van der Waals surface area contributed by atoms with E-state index in [0.717, 1.165) is 28.3 Å². The Bertz CT molecular complexity index is 824. The molecular weight excluding hydrogens is 354 g/mol. The summed E-state index contributed by atoms with van der Waals surface area (Å²) in [6.07, 6.45) is 0.868. The first-order chi connectivity index (χ1) is 11.2. The van der Waals surface area contributed by atoms with E-state index in [4.69, 9.17) is 4.74 Å². The topological polar surface area (TPSA) is 31.2 Å². The zero-order valence-electron chi connectivity index (χ0n) is 13.0. The maximum atomic E-state index is 12.3. The maximum Gasteiger partial charge on any atom is 0.354 e. The van der Waals surface area contributed by atoms with E-state index in [1.807, 2.05) is 54.0 Å². The van der Waals surface area contributed by atoms with Crippen molar-refractivity contribution in [2.75, 3.05) is 6.61 Å².